The maximum absolute atomic E-state index is 12.2. The van der Waals surface area contributed by atoms with E-state index in [9.17, 15) is 13.2 Å². The minimum absolute atomic E-state index is 0.309. The molecule has 0 aliphatic rings. The Kier molecular flexibility index (Phi) is 5.43. The molecule has 4 nitrogen and oxygen atoms in total. The molecule has 0 spiro atoms. The van der Waals surface area contributed by atoms with Gasteiger partial charge in [-0.25, -0.2) is 0 Å². The smallest absolute Gasteiger partial charge is 0.385 e. The number of nitrogens with zero attached hydrogens (tertiary/aromatic N) is 2. The fourth-order valence-electron chi connectivity index (χ4n) is 1.20. The molecule has 0 fully saturated rings. The fraction of sp³-hybridized carbons (Fsp3) is 0.700. The van der Waals surface area contributed by atoms with Gasteiger partial charge in [0, 0.05) is 26.5 Å². The third kappa shape index (κ3) is 5.18. The van der Waals surface area contributed by atoms with Crippen LogP contribution in [0.3, 0.4) is 0 Å². The average molecular weight is 252 g/mol. The van der Waals surface area contributed by atoms with Gasteiger partial charge in [0.2, 0.25) is 0 Å². The summed E-state index contributed by atoms with van der Waals surface area (Å²) < 4.78 is 47.9. The fourth-order valence-corrected chi connectivity index (χ4v) is 1.20. The van der Waals surface area contributed by atoms with E-state index < -0.39 is 11.9 Å². The molecule has 1 aromatic heterocycles. The van der Waals surface area contributed by atoms with Crippen LogP contribution in [0.1, 0.15) is 12.1 Å². The molecule has 1 aromatic rings. The number of hydrogen-bond donors (Lipinski definition) is 0. The minimum Gasteiger partial charge on any atom is -0.385 e. The monoisotopic (exact) mass is 252 g/mol. The molecule has 17 heavy (non-hydrogen) atoms. The van der Waals surface area contributed by atoms with Crippen LogP contribution in [-0.4, -0.2) is 36.7 Å². The van der Waals surface area contributed by atoms with Gasteiger partial charge in [-0.2, -0.15) is 18.3 Å². The summed E-state index contributed by atoms with van der Waals surface area (Å²) in [7, 11) is 1.60. The Morgan fingerprint density at radius 3 is 2.65 bits per heavy atom. The van der Waals surface area contributed by atoms with Crippen LogP contribution in [-0.2, 0) is 22.2 Å². The molecular formula is C10H15F3N2O2. The Labute approximate surface area is 97.3 Å². The summed E-state index contributed by atoms with van der Waals surface area (Å²) in [5.74, 6) is 0. The summed E-state index contributed by atoms with van der Waals surface area (Å²) in [6.45, 7) is 1.78. The third-order valence-corrected chi connectivity index (χ3v) is 2.03. The topological polar surface area (TPSA) is 36.3 Å². The lowest BCUT2D eigenvalue weighted by Gasteiger charge is -2.04. The van der Waals surface area contributed by atoms with E-state index in [0.717, 1.165) is 12.5 Å². The first-order valence-corrected chi connectivity index (χ1v) is 5.21. The molecule has 98 valence electrons. The first-order chi connectivity index (χ1) is 8.04. The molecule has 0 aliphatic carbocycles. The van der Waals surface area contributed by atoms with E-state index in [1.54, 1.807) is 7.11 Å². The molecule has 7 heteroatoms. The van der Waals surface area contributed by atoms with Crippen molar-refractivity contribution in [2.75, 3.05) is 26.9 Å². The van der Waals surface area contributed by atoms with Crippen LogP contribution in [0.4, 0.5) is 13.2 Å². The van der Waals surface area contributed by atoms with Crippen LogP contribution in [0.25, 0.3) is 0 Å². The lowest BCUT2D eigenvalue weighted by Crippen LogP contribution is -2.11. The molecular weight excluding hydrogens is 237 g/mol. The number of hydrogen-bond acceptors (Lipinski definition) is 3. The lowest BCUT2D eigenvalue weighted by molar-refractivity contribution is -0.141. The maximum atomic E-state index is 12.2. The Morgan fingerprint density at radius 2 is 2.06 bits per heavy atom. The largest absolute Gasteiger partial charge is 0.435 e. The molecule has 0 saturated heterocycles. The van der Waals surface area contributed by atoms with Gasteiger partial charge in [-0.15, -0.1) is 0 Å². The van der Waals surface area contributed by atoms with Crippen molar-refractivity contribution in [3.63, 3.8) is 0 Å². The van der Waals surface area contributed by atoms with Crippen LogP contribution in [0, 0.1) is 0 Å². The van der Waals surface area contributed by atoms with Crippen molar-refractivity contribution in [2.45, 2.75) is 19.1 Å². The molecule has 1 rings (SSSR count). The second-order valence-corrected chi connectivity index (χ2v) is 3.42. The van der Waals surface area contributed by atoms with Gasteiger partial charge in [0.15, 0.2) is 5.69 Å². The summed E-state index contributed by atoms with van der Waals surface area (Å²) in [5.41, 5.74) is -0.878. The molecule has 0 atom stereocenters. The zero-order valence-electron chi connectivity index (χ0n) is 9.54. The van der Waals surface area contributed by atoms with Crippen molar-refractivity contribution < 1.29 is 22.6 Å². The van der Waals surface area contributed by atoms with Crippen LogP contribution in [0.5, 0.6) is 0 Å². The van der Waals surface area contributed by atoms with Crippen molar-refractivity contribution >= 4 is 0 Å². The van der Waals surface area contributed by atoms with Gasteiger partial charge in [0.1, 0.15) is 0 Å². The predicted octanol–water partition coefficient (Wildman–Crippen LogP) is 1.96. The number of aromatic nitrogens is 2. The third-order valence-electron chi connectivity index (χ3n) is 2.03. The normalized spacial score (nSPS) is 12.0. The Hall–Kier alpha value is -1.08. The molecule has 1 heterocycles. The molecule has 0 amide bonds. The Morgan fingerprint density at radius 1 is 1.29 bits per heavy atom. The molecule has 0 bridgehead atoms. The second kappa shape index (κ2) is 6.61. The van der Waals surface area contributed by atoms with Crippen LogP contribution < -0.4 is 0 Å². The van der Waals surface area contributed by atoms with Crippen molar-refractivity contribution in [3.05, 3.63) is 18.0 Å². The van der Waals surface area contributed by atoms with E-state index in [-0.39, 0.29) is 0 Å². The number of methoxy groups -OCH3 is 1. The van der Waals surface area contributed by atoms with Crippen molar-refractivity contribution in [2.24, 2.45) is 0 Å². The van der Waals surface area contributed by atoms with Gasteiger partial charge < -0.3 is 9.47 Å². The zero-order valence-corrected chi connectivity index (χ0v) is 9.54. The van der Waals surface area contributed by atoms with Crippen molar-refractivity contribution in [3.8, 4) is 0 Å². The maximum Gasteiger partial charge on any atom is 0.435 e. The zero-order chi connectivity index (χ0) is 12.7. The highest BCUT2D eigenvalue weighted by molar-refractivity contribution is 5.03. The number of halogens is 3. The van der Waals surface area contributed by atoms with E-state index in [0.29, 0.717) is 26.4 Å². The summed E-state index contributed by atoms with van der Waals surface area (Å²) in [4.78, 5) is 0. The summed E-state index contributed by atoms with van der Waals surface area (Å²) in [5, 5.41) is 3.40. The van der Waals surface area contributed by atoms with E-state index >= 15 is 0 Å². The average Bonchev–Trinajstić information content (AvgIpc) is 2.71. The molecule has 0 saturated carbocycles. The number of rotatable bonds is 7. The van der Waals surface area contributed by atoms with Gasteiger partial charge in [-0.05, 0) is 12.5 Å². The van der Waals surface area contributed by atoms with Crippen LogP contribution >= 0.6 is 0 Å². The summed E-state index contributed by atoms with van der Waals surface area (Å²) in [6.07, 6.45) is -2.32. The van der Waals surface area contributed by atoms with Crippen LogP contribution in [0.15, 0.2) is 12.3 Å². The minimum atomic E-state index is -4.38. The molecule has 0 radical (unpaired) electrons. The van der Waals surface area contributed by atoms with Crippen molar-refractivity contribution in [1.29, 1.82) is 0 Å². The van der Waals surface area contributed by atoms with Crippen LogP contribution in [0.2, 0.25) is 0 Å². The SMILES string of the molecule is COCCCOCCn1ccc(C(F)(F)F)n1. The van der Waals surface area contributed by atoms with Gasteiger partial charge >= 0.3 is 6.18 Å². The Bertz CT molecular complexity index is 326. The molecule has 0 aromatic carbocycles. The standard InChI is InChI=1S/C10H15F3N2O2/c1-16-6-2-7-17-8-5-15-4-3-9(14-15)10(11,12)13/h3-4H,2,5-8H2,1H3. The first-order valence-electron chi connectivity index (χ1n) is 5.21. The van der Waals surface area contributed by atoms with E-state index in [1.165, 1.54) is 10.9 Å². The second-order valence-electron chi connectivity index (χ2n) is 3.42. The highest BCUT2D eigenvalue weighted by Gasteiger charge is 2.33. The van der Waals surface area contributed by atoms with Gasteiger partial charge in [-0.1, -0.05) is 0 Å². The molecule has 0 N–H and O–H groups in total. The number of alkyl halides is 3. The first kappa shape index (κ1) is 14.0. The summed E-state index contributed by atoms with van der Waals surface area (Å²) >= 11 is 0. The van der Waals surface area contributed by atoms with E-state index in [2.05, 4.69) is 5.10 Å². The van der Waals surface area contributed by atoms with Gasteiger partial charge in [0.05, 0.1) is 13.2 Å². The van der Waals surface area contributed by atoms with Crippen molar-refractivity contribution in [1.82, 2.24) is 9.78 Å². The highest BCUT2D eigenvalue weighted by atomic mass is 19.4. The Balaban J connectivity index is 2.21. The summed E-state index contributed by atoms with van der Waals surface area (Å²) in [6, 6.07) is 0.949. The lowest BCUT2D eigenvalue weighted by atomic mass is 10.4. The van der Waals surface area contributed by atoms with E-state index in [1.807, 2.05) is 0 Å². The quantitative estimate of drug-likeness (QED) is 0.696. The van der Waals surface area contributed by atoms with Gasteiger partial charge in [-0.3, -0.25) is 4.68 Å². The predicted molar refractivity (Wildman–Crippen MR) is 54.5 cm³/mol. The molecule has 0 aliphatic heterocycles. The van der Waals surface area contributed by atoms with Gasteiger partial charge in [0.25, 0.3) is 0 Å². The molecule has 0 unspecified atom stereocenters. The highest BCUT2D eigenvalue weighted by Crippen LogP contribution is 2.27. The number of ether oxygens (including phenoxy) is 2. The van der Waals surface area contributed by atoms with E-state index in [4.69, 9.17) is 9.47 Å².